The monoisotopic (exact) mass is 459 g/mol. The van der Waals surface area contributed by atoms with Crippen LogP contribution >= 0.6 is 11.8 Å². The Kier molecular flexibility index (Phi) is 5.60. The van der Waals surface area contributed by atoms with Crippen LogP contribution in [0.15, 0.2) is 68.8 Å². The summed E-state index contributed by atoms with van der Waals surface area (Å²) in [5.41, 5.74) is 2.65. The third kappa shape index (κ3) is 4.75. The van der Waals surface area contributed by atoms with Gasteiger partial charge >= 0.3 is 5.63 Å². The van der Waals surface area contributed by atoms with E-state index in [0.29, 0.717) is 27.6 Å². The van der Waals surface area contributed by atoms with E-state index in [0.717, 1.165) is 34.7 Å². The van der Waals surface area contributed by atoms with E-state index in [4.69, 9.17) is 9.40 Å². The topological polar surface area (TPSA) is 101 Å². The Morgan fingerprint density at radius 2 is 1.91 bits per heavy atom. The van der Waals surface area contributed by atoms with Crippen molar-refractivity contribution in [2.24, 2.45) is 0 Å². The highest BCUT2D eigenvalue weighted by Gasteiger charge is 2.25. The lowest BCUT2D eigenvalue weighted by molar-refractivity contribution is -0.114. The highest BCUT2D eigenvalue weighted by atomic mass is 32.2. The van der Waals surface area contributed by atoms with Gasteiger partial charge in [0, 0.05) is 47.3 Å². The second-order valence-electron chi connectivity index (χ2n) is 8.04. The summed E-state index contributed by atoms with van der Waals surface area (Å²) in [4.78, 5) is 41.0. The molecule has 0 saturated heterocycles. The van der Waals surface area contributed by atoms with Crippen molar-refractivity contribution in [1.29, 1.82) is 0 Å². The number of benzene rings is 2. The molecule has 0 aliphatic heterocycles. The fourth-order valence-corrected chi connectivity index (χ4v) is 4.59. The average molecular weight is 460 g/mol. The van der Waals surface area contributed by atoms with Crippen LogP contribution in [-0.2, 0) is 10.5 Å². The first-order chi connectivity index (χ1) is 16.0. The molecular weight excluding hydrogens is 438 g/mol. The van der Waals surface area contributed by atoms with Gasteiger partial charge in [-0.1, -0.05) is 18.2 Å². The van der Waals surface area contributed by atoms with Crippen molar-refractivity contribution in [2.45, 2.75) is 36.6 Å². The molecule has 166 valence electrons. The largest absolute Gasteiger partial charge is 0.423 e. The first-order valence-electron chi connectivity index (χ1n) is 10.6. The van der Waals surface area contributed by atoms with Crippen molar-refractivity contribution in [1.82, 2.24) is 10.3 Å². The zero-order valence-electron chi connectivity index (χ0n) is 17.9. The molecule has 0 spiro atoms. The second kappa shape index (κ2) is 8.71. The summed E-state index contributed by atoms with van der Waals surface area (Å²) in [5.74, 6) is 0.179. The lowest BCUT2D eigenvalue weighted by Crippen LogP contribution is -2.25. The lowest BCUT2D eigenvalue weighted by atomic mass is 10.1. The quantitative estimate of drug-likeness (QED) is 0.326. The van der Waals surface area contributed by atoms with Crippen LogP contribution in [0.2, 0.25) is 0 Å². The molecule has 33 heavy (non-hydrogen) atoms. The number of carbonyl (C=O) groups is 2. The average Bonchev–Trinajstić information content (AvgIpc) is 3.60. The fourth-order valence-electron chi connectivity index (χ4n) is 3.69. The maximum Gasteiger partial charge on any atom is 0.336 e. The van der Waals surface area contributed by atoms with Crippen molar-refractivity contribution in [3.05, 3.63) is 76.1 Å². The smallest absolute Gasteiger partial charge is 0.336 e. The highest BCUT2D eigenvalue weighted by Crippen LogP contribution is 2.30. The summed E-state index contributed by atoms with van der Waals surface area (Å²) in [5, 5.41) is 8.04. The molecule has 2 aromatic heterocycles. The van der Waals surface area contributed by atoms with Crippen LogP contribution in [0.3, 0.4) is 0 Å². The Morgan fingerprint density at radius 3 is 2.70 bits per heavy atom. The van der Waals surface area contributed by atoms with Gasteiger partial charge in [0.05, 0.1) is 16.1 Å². The van der Waals surface area contributed by atoms with Gasteiger partial charge in [0.2, 0.25) is 5.91 Å². The van der Waals surface area contributed by atoms with Crippen molar-refractivity contribution >= 4 is 51.1 Å². The highest BCUT2D eigenvalue weighted by molar-refractivity contribution is 7.98. The molecular formula is C25H21N3O4S. The second-order valence-corrected chi connectivity index (χ2v) is 9.04. The van der Waals surface area contributed by atoms with Crippen LogP contribution in [0.1, 0.15) is 35.7 Å². The van der Waals surface area contributed by atoms with Gasteiger partial charge < -0.3 is 15.1 Å². The molecule has 7 nitrogen and oxygen atoms in total. The van der Waals surface area contributed by atoms with E-state index in [-0.39, 0.29) is 17.9 Å². The van der Waals surface area contributed by atoms with Gasteiger partial charge in [-0.2, -0.15) is 0 Å². The Labute approximate surface area is 193 Å². The minimum atomic E-state index is -0.464. The zero-order valence-corrected chi connectivity index (χ0v) is 18.7. The molecule has 2 aromatic carbocycles. The Hall–Kier alpha value is -3.65. The van der Waals surface area contributed by atoms with Gasteiger partial charge in [0.15, 0.2) is 0 Å². The number of fused-ring (bicyclic) bond motifs is 2. The maximum absolute atomic E-state index is 12.8. The van der Waals surface area contributed by atoms with Crippen LogP contribution < -0.4 is 16.3 Å². The number of thioether (sulfide) groups is 1. The molecule has 1 saturated carbocycles. The molecule has 4 aromatic rings. The van der Waals surface area contributed by atoms with Gasteiger partial charge in [-0.15, -0.1) is 11.8 Å². The number of hydrogen-bond acceptors (Lipinski definition) is 6. The van der Waals surface area contributed by atoms with E-state index in [1.54, 1.807) is 12.1 Å². The third-order valence-corrected chi connectivity index (χ3v) is 6.34. The first-order valence-corrected chi connectivity index (χ1v) is 11.6. The molecule has 1 aliphatic rings. The Balaban J connectivity index is 1.46. The number of hydrogen-bond donors (Lipinski definition) is 2. The van der Waals surface area contributed by atoms with Crippen molar-refractivity contribution in [2.75, 3.05) is 5.32 Å². The molecule has 0 unspecified atom stereocenters. The number of amides is 2. The van der Waals surface area contributed by atoms with Crippen LogP contribution in [0.5, 0.6) is 0 Å². The van der Waals surface area contributed by atoms with Gasteiger partial charge in [-0.25, -0.2) is 9.78 Å². The fraction of sp³-hybridized carbons (Fsp3) is 0.200. The third-order valence-electron chi connectivity index (χ3n) is 5.38. The molecule has 2 N–H and O–H groups in total. The van der Waals surface area contributed by atoms with Crippen molar-refractivity contribution < 1.29 is 14.0 Å². The molecule has 0 radical (unpaired) electrons. The number of anilines is 1. The number of rotatable bonds is 6. The van der Waals surface area contributed by atoms with Crippen LogP contribution in [0.4, 0.5) is 5.69 Å². The summed E-state index contributed by atoms with van der Waals surface area (Å²) < 4.78 is 5.34. The Bertz CT molecular complexity index is 1460. The summed E-state index contributed by atoms with van der Waals surface area (Å²) in [6.07, 6.45) is 2.04. The minimum Gasteiger partial charge on any atom is -0.423 e. The van der Waals surface area contributed by atoms with Gasteiger partial charge in [0.25, 0.3) is 5.91 Å². The number of pyridine rings is 1. The van der Waals surface area contributed by atoms with E-state index >= 15 is 0 Å². The molecule has 5 rings (SSSR count). The number of para-hydroxylation sites is 1. The number of nitrogens with zero attached hydrogens (tertiary/aromatic N) is 1. The van der Waals surface area contributed by atoms with Crippen LogP contribution in [0.25, 0.3) is 21.9 Å². The summed E-state index contributed by atoms with van der Waals surface area (Å²) in [7, 11) is 0. The predicted octanol–water partition coefficient (Wildman–Crippen LogP) is 4.48. The first kappa shape index (κ1) is 21.2. The maximum atomic E-state index is 12.8. The Morgan fingerprint density at radius 1 is 1.09 bits per heavy atom. The molecule has 0 atom stereocenters. The summed E-state index contributed by atoms with van der Waals surface area (Å²) in [6.45, 7) is 1.42. The van der Waals surface area contributed by atoms with E-state index in [1.807, 2.05) is 36.4 Å². The molecule has 1 aliphatic carbocycles. The van der Waals surface area contributed by atoms with E-state index in [1.165, 1.54) is 24.8 Å². The summed E-state index contributed by atoms with van der Waals surface area (Å²) in [6, 6.07) is 16.4. The zero-order chi connectivity index (χ0) is 22.9. The lowest BCUT2D eigenvalue weighted by Gasteiger charge is -2.11. The number of nitrogens with one attached hydrogen (secondary N) is 2. The normalized spacial score (nSPS) is 13.2. The number of carbonyl (C=O) groups excluding carboxylic acids is 2. The van der Waals surface area contributed by atoms with Crippen LogP contribution in [0, 0.1) is 0 Å². The van der Waals surface area contributed by atoms with Crippen molar-refractivity contribution in [3.8, 4) is 0 Å². The van der Waals surface area contributed by atoms with Crippen molar-refractivity contribution in [3.63, 3.8) is 0 Å². The predicted molar refractivity (Wildman–Crippen MR) is 129 cm³/mol. The van der Waals surface area contributed by atoms with Crippen LogP contribution in [-0.4, -0.2) is 22.8 Å². The van der Waals surface area contributed by atoms with E-state index in [2.05, 4.69) is 10.6 Å². The SMILES string of the molecule is CC(=O)Nc1ccc2c(CSc3cc(C(=O)NC4CC4)c4ccccc4n3)cc(=O)oc2c1. The van der Waals surface area contributed by atoms with E-state index < -0.39 is 5.63 Å². The molecule has 1 fully saturated rings. The van der Waals surface area contributed by atoms with Gasteiger partial charge in [-0.05, 0) is 42.7 Å². The standard InChI is InChI=1S/C25H21N3O4S/c1-14(29)26-17-8-9-18-15(10-24(30)32-22(18)11-17)13-33-23-12-20(25(31)27-16-6-7-16)19-4-2-3-5-21(19)28-23/h2-5,8-12,16H,6-7,13H2,1H3,(H,26,29)(H,27,31). The van der Waals surface area contributed by atoms with E-state index in [9.17, 15) is 14.4 Å². The molecule has 2 heterocycles. The number of aromatic nitrogens is 1. The molecule has 2 amide bonds. The molecule has 8 heteroatoms. The minimum absolute atomic E-state index is 0.0887. The van der Waals surface area contributed by atoms with Gasteiger partial charge in [-0.3, -0.25) is 9.59 Å². The molecule has 0 bridgehead atoms. The summed E-state index contributed by atoms with van der Waals surface area (Å²) >= 11 is 1.45. The van der Waals surface area contributed by atoms with Gasteiger partial charge in [0.1, 0.15) is 5.58 Å².